The summed E-state index contributed by atoms with van der Waals surface area (Å²) in [6.07, 6.45) is 6.03. The quantitative estimate of drug-likeness (QED) is 0.455. The fourth-order valence-electron chi connectivity index (χ4n) is 1.34. The van der Waals surface area contributed by atoms with Crippen LogP contribution < -0.4 is 0 Å². The fraction of sp³-hybridized carbons (Fsp3) is 0.571. The maximum absolute atomic E-state index is 10.7. The highest BCUT2D eigenvalue weighted by molar-refractivity contribution is 5.94. The van der Waals surface area contributed by atoms with Crippen LogP contribution >= 0.6 is 0 Å². The lowest BCUT2D eigenvalue weighted by Gasteiger charge is -1.96. The van der Waals surface area contributed by atoms with Gasteiger partial charge in [0, 0.05) is 5.92 Å². The van der Waals surface area contributed by atoms with Crippen molar-refractivity contribution in [2.24, 2.45) is 11.8 Å². The first-order valence-corrected chi connectivity index (χ1v) is 3.08. The molecule has 2 aliphatic carbocycles. The lowest BCUT2D eigenvalue weighted by atomic mass is 10.1. The molecule has 0 aromatic carbocycles. The van der Waals surface area contributed by atoms with E-state index >= 15 is 0 Å². The summed E-state index contributed by atoms with van der Waals surface area (Å²) in [5, 5.41) is 0. The molecule has 8 heavy (non-hydrogen) atoms. The second kappa shape index (κ2) is 1.22. The van der Waals surface area contributed by atoms with Gasteiger partial charge in [0.05, 0.1) is 0 Å². The summed E-state index contributed by atoms with van der Waals surface area (Å²) in [6.45, 7) is 0. The predicted molar refractivity (Wildman–Crippen MR) is 30.4 cm³/mol. The minimum atomic E-state index is 0.362. The van der Waals surface area contributed by atoms with Gasteiger partial charge in [-0.25, -0.2) is 0 Å². The number of fused-ring (bicyclic) bond motifs is 1. The van der Waals surface area contributed by atoms with Gasteiger partial charge in [-0.1, -0.05) is 6.08 Å². The second-order valence-electron chi connectivity index (χ2n) is 2.64. The molecule has 2 rings (SSSR count). The van der Waals surface area contributed by atoms with Gasteiger partial charge in [0.25, 0.3) is 0 Å². The van der Waals surface area contributed by atoms with Crippen LogP contribution in [0.25, 0.3) is 0 Å². The van der Waals surface area contributed by atoms with E-state index < -0.39 is 0 Å². The van der Waals surface area contributed by atoms with E-state index in [4.69, 9.17) is 0 Å². The maximum atomic E-state index is 10.7. The third-order valence-corrected chi connectivity index (χ3v) is 2.01. The molecule has 1 saturated carbocycles. The van der Waals surface area contributed by atoms with Crippen LogP contribution in [0, 0.1) is 11.8 Å². The second-order valence-corrected chi connectivity index (χ2v) is 2.64. The zero-order chi connectivity index (χ0) is 5.56. The number of rotatable bonds is 0. The average molecular weight is 108 g/mol. The van der Waals surface area contributed by atoms with Crippen molar-refractivity contribution in [3.05, 3.63) is 12.2 Å². The first kappa shape index (κ1) is 4.30. The minimum absolute atomic E-state index is 0.362. The largest absolute Gasteiger partial charge is 0.295 e. The van der Waals surface area contributed by atoms with Gasteiger partial charge >= 0.3 is 0 Å². The van der Waals surface area contributed by atoms with E-state index in [-0.39, 0.29) is 0 Å². The Hall–Kier alpha value is -0.590. The molecule has 0 aliphatic heterocycles. The van der Waals surface area contributed by atoms with Crippen molar-refractivity contribution in [2.75, 3.05) is 0 Å². The Morgan fingerprint density at radius 2 is 2.50 bits per heavy atom. The Kier molecular flexibility index (Phi) is 0.655. The predicted octanol–water partition coefficient (Wildman–Crippen LogP) is 1.15. The molecule has 1 nitrogen and oxygen atoms in total. The highest BCUT2D eigenvalue weighted by Crippen LogP contribution is 2.44. The van der Waals surface area contributed by atoms with Crippen LogP contribution in [0.15, 0.2) is 12.2 Å². The molecular weight excluding hydrogens is 100 g/mol. The Morgan fingerprint density at radius 3 is 3.12 bits per heavy atom. The number of hydrogen-bond acceptors (Lipinski definition) is 1. The van der Waals surface area contributed by atoms with E-state index in [1.54, 1.807) is 6.08 Å². The average Bonchev–Trinajstić information content (AvgIpc) is 2.45. The molecule has 0 amide bonds. The topological polar surface area (TPSA) is 17.1 Å². The zero-order valence-corrected chi connectivity index (χ0v) is 4.63. The van der Waals surface area contributed by atoms with Gasteiger partial charge in [0.15, 0.2) is 5.78 Å². The van der Waals surface area contributed by atoms with E-state index in [2.05, 4.69) is 0 Å². The SMILES string of the molecule is O=C1C=CC[C@@H]2C[C@H]12. The molecule has 0 spiro atoms. The monoisotopic (exact) mass is 108 g/mol. The molecule has 0 N–H and O–H groups in total. The van der Waals surface area contributed by atoms with Crippen molar-refractivity contribution in [3.8, 4) is 0 Å². The van der Waals surface area contributed by atoms with E-state index in [1.807, 2.05) is 6.08 Å². The van der Waals surface area contributed by atoms with Gasteiger partial charge in [0.2, 0.25) is 0 Å². The highest BCUT2D eigenvalue weighted by atomic mass is 16.1. The minimum Gasteiger partial charge on any atom is -0.295 e. The van der Waals surface area contributed by atoms with E-state index in [9.17, 15) is 4.79 Å². The fourth-order valence-corrected chi connectivity index (χ4v) is 1.34. The normalized spacial score (nSPS) is 41.8. The van der Waals surface area contributed by atoms with Crippen LogP contribution in [0.4, 0.5) is 0 Å². The number of carbonyl (C=O) groups excluding carboxylic acids is 1. The molecule has 0 saturated heterocycles. The van der Waals surface area contributed by atoms with Gasteiger partial charge < -0.3 is 0 Å². The Morgan fingerprint density at radius 1 is 1.62 bits per heavy atom. The highest BCUT2D eigenvalue weighted by Gasteiger charge is 2.42. The lowest BCUT2D eigenvalue weighted by Crippen LogP contribution is -2.01. The summed E-state index contributed by atoms with van der Waals surface area (Å²) in [5.41, 5.74) is 0. The summed E-state index contributed by atoms with van der Waals surface area (Å²) < 4.78 is 0. The third kappa shape index (κ3) is 0.443. The number of hydrogen-bond donors (Lipinski definition) is 0. The van der Waals surface area contributed by atoms with Gasteiger partial charge in [0.1, 0.15) is 0 Å². The van der Waals surface area contributed by atoms with E-state index in [0.29, 0.717) is 11.7 Å². The van der Waals surface area contributed by atoms with Crippen LogP contribution in [-0.4, -0.2) is 5.78 Å². The number of allylic oxidation sites excluding steroid dienone is 2. The van der Waals surface area contributed by atoms with Crippen LogP contribution in [0.1, 0.15) is 12.8 Å². The third-order valence-electron chi connectivity index (χ3n) is 2.01. The van der Waals surface area contributed by atoms with E-state index in [0.717, 1.165) is 18.8 Å². The molecule has 0 unspecified atom stereocenters. The van der Waals surface area contributed by atoms with Crippen molar-refractivity contribution in [1.82, 2.24) is 0 Å². The summed E-state index contributed by atoms with van der Waals surface area (Å²) in [7, 11) is 0. The molecule has 0 aromatic heterocycles. The molecule has 0 radical (unpaired) electrons. The van der Waals surface area contributed by atoms with Gasteiger partial charge in [-0.15, -0.1) is 0 Å². The van der Waals surface area contributed by atoms with Crippen molar-refractivity contribution >= 4 is 5.78 Å². The van der Waals surface area contributed by atoms with Crippen molar-refractivity contribution in [2.45, 2.75) is 12.8 Å². The smallest absolute Gasteiger partial charge is 0.158 e. The molecular formula is C7H8O. The number of carbonyl (C=O) groups is 1. The summed E-state index contributed by atoms with van der Waals surface area (Å²) in [5.74, 6) is 1.55. The Labute approximate surface area is 48.4 Å². The molecule has 0 heterocycles. The zero-order valence-electron chi connectivity index (χ0n) is 4.63. The molecule has 0 aromatic rings. The van der Waals surface area contributed by atoms with Gasteiger partial charge in [-0.3, -0.25) is 4.79 Å². The van der Waals surface area contributed by atoms with Crippen LogP contribution in [0.3, 0.4) is 0 Å². The first-order valence-electron chi connectivity index (χ1n) is 3.08. The summed E-state index contributed by atoms with van der Waals surface area (Å²) in [6, 6.07) is 0. The van der Waals surface area contributed by atoms with Crippen LogP contribution in [0.2, 0.25) is 0 Å². The molecule has 42 valence electrons. The molecule has 1 fully saturated rings. The first-order chi connectivity index (χ1) is 3.88. The van der Waals surface area contributed by atoms with Gasteiger partial charge in [-0.2, -0.15) is 0 Å². The Bertz CT molecular complexity index is 158. The van der Waals surface area contributed by atoms with Crippen LogP contribution in [0.5, 0.6) is 0 Å². The summed E-state index contributed by atoms with van der Waals surface area (Å²) >= 11 is 0. The van der Waals surface area contributed by atoms with Crippen LogP contribution in [-0.2, 0) is 4.79 Å². The summed E-state index contributed by atoms with van der Waals surface area (Å²) in [4.78, 5) is 10.7. The molecule has 2 aliphatic rings. The molecule has 1 heteroatoms. The lowest BCUT2D eigenvalue weighted by molar-refractivity contribution is -0.116. The standard InChI is InChI=1S/C7H8O/c8-7-3-1-2-5-4-6(5)7/h1,3,5-6H,2,4H2/t5-,6+/m1/s1. The Balaban J connectivity index is 2.24. The van der Waals surface area contributed by atoms with E-state index in [1.165, 1.54) is 0 Å². The van der Waals surface area contributed by atoms with Crippen molar-refractivity contribution in [3.63, 3.8) is 0 Å². The van der Waals surface area contributed by atoms with Crippen molar-refractivity contribution in [1.29, 1.82) is 0 Å². The molecule has 2 atom stereocenters. The molecule has 0 bridgehead atoms. The number of ketones is 1. The van der Waals surface area contributed by atoms with Crippen molar-refractivity contribution < 1.29 is 4.79 Å². The van der Waals surface area contributed by atoms with Gasteiger partial charge in [-0.05, 0) is 24.8 Å². The maximum Gasteiger partial charge on any atom is 0.158 e.